The van der Waals surface area contributed by atoms with Gasteiger partial charge in [0.15, 0.2) is 0 Å². The number of hydrogen-bond donors (Lipinski definition) is 1. The topological polar surface area (TPSA) is 43.8 Å². The second-order valence-electron chi connectivity index (χ2n) is 6.05. The number of amides is 2. The molecule has 0 fully saturated rings. The molecule has 4 nitrogen and oxygen atoms in total. The minimum absolute atomic E-state index is 0.0136. The van der Waals surface area contributed by atoms with Crippen LogP contribution in [0.15, 0.2) is 42.5 Å². The number of halogens is 1. The molecule has 1 N–H and O–H groups in total. The van der Waals surface area contributed by atoms with Crippen molar-refractivity contribution >= 4 is 28.6 Å². The van der Waals surface area contributed by atoms with Crippen LogP contribution < -0.4 is 0 Å². The van der Waals surface area contributed by atoms with E-state index in [2.05, 4.69) is 40.8 Å². The SMILES string of the molecule is CN(C)C(=O)N1Cc2cc(I)ccc2C(c2cccc(O)c2)C1. The molecule has 1 heterocycles. The normalized spacial score (nSPS) is 16.8. The van der Waals surface area contributed by atoms with Gasteiger partial charge in [0.2, 0.25) is 0 Å². The van der Waals surface area contributed by atoms with Crippen molar-refractivity contribution in [2.45, 2.75) is 12.5 Å². The highest BCUT2D eigenvalue weighted by molar-refractivity contribution is 14.1. The van der Waals surface area contributed by atoms with Gasteiger partial charge in [-0.2, -0.15) is 0 Å². The van der Waals surface area contributed by atoms with E-state index in [1.165, 1.54) is 11.1 Å². The van der Waals surface area contributed by atoms with Gasteiger partial charge in [-0.15, -0.1) is 0 Å². The summed E-state index contributed by atoms with van der Waals surface area (Å²) < 4.78 is 1.16. The molecule has 0 spiro atoms. The van der Waals surface area contributed by atoms with E-state index >= 15 is 0 Å². The van der Waals surface area contributed by atoms with Crippen LogP contribution in [-0.4, -0.2) is 41.6 Å². The molecule has 120 valence electrons. The van der Waals surface area contributed by atoms with Crippen molar-refractivity contribution in [2.24, 2.45) is 0 Å². The van der Waals surface area contributed by atoms with Crippen molar-refractivity contribution in [3.8, 4) is 5.75 Å². The van der Waals surface area contributed by atoms with E-state index < -0.39 is 0 Å². The minimum atomic E-state index is 0.0136. The van der Waals surface area contributed by atoms with Crippen molar-refractivity contribution in [1.82, 2.24) is 9.80 Å². The number of aromatic hydroxyl groups is 1. The van der Waals surface area contributed by atoms with Gasteiger partial charge in [-0.25, -0.2) is 4.79 Å². The van der Waals surface area contributed by atoms with Crippen LogP contribution in [0.4, 0.5) is 4.79 Å². The molecule has 0 bridgehead atoms. The van der Waals surface area contributed by atoms with Crippen LogP contribution in [-0.2, 0) is 6.54 Å². The fourth-order valence-electron chi connectivity index (χ4n) is 3.10. The molecule has 1 aliphatic heterocycles. The predicted molar refractivity (Wildman–Crippen MR) is 98.6 cm³/mol. The Morgan fingerprint density at radius 3 is 2.74 bits per heavy atom. The average molecular weight is 422 g/mol. The molecule has 2 aromatic rings. The van der Waals surface area contributed by atoms with E-state index in [1.807, 2.05) is 17.0 Å². The number of phenols is 1. The Balaban J connectivity index is 2.05. The van der Waals surface area contributed by atoms with Crippen LogP contribution in [0.1, 0.15) is 22.6 Å². The third-order valence-electron chi connectivity index (χ3n) is 4.17. The fourth-order valence-corrected chi connectivity index (χ4v) is 3.65. The maximum absolute atomic E-state index is 12.4. The number of hydrogen-bond acceptors (Lipinski definition) is 2. The summed E-state index contributed by atoms with van der Waals surface area (Å²) in [5, 5.41) is 9.81. The second kappa shape index (κ2) is 6.39. The summed E-state index contributed by atoms with van der Waals surface area (Å²) in [6.07, 6.45) is 0. The molecule has 1 aliphatic rings. The van der Waals surface area contributed by atoms with Gasteiger partial charge in [-0.05, 0) is 63.5 Å². The largest absolute Gasteiger partial charge is 0.508 e. The number of urea groups is 1. The summed E-state index contributed by atoms with van der Waals surface area (Å²) in [6.45, 7) is 1.24. The summed E-state index contributed by atoms with van der Waals surface area (Å²) in [5.74, 6) is 0.331. The van der Waals surface area contributed by atoms with E-state index in [4.69, 9.17) is 0 Å². The molecule has 2 amide bonds. The van der Waals surface area contributed by atoms with Crippen molar-refractivity contribution < 1.29 is 9.90 Å². The maximum Gasteiger partial charge on any atom is 0.319 e. The van der Waals surface area contributed by atoms with Gasteiger partial charge in [-0.1, -0.05) is 18.2 Å². The number of benzene rings is 2. The smallest absolute Gasteiger partial charge is 0.319 e. The standard InChI is InChI=1S/C18H19IN2O2/c1-20(2)18(23)21-10-13-8-14(19)6-7-16(13)17(11-21)12-4-3-5-15(22)9-12/h3-9,17,22H,10-11H2,1-2H3. The molecular weight excluding hydrogens is 403 g/mol. The van der Waals surface area contributed by atoms with Gasteiger partial charge in [-0.3, -0.25) is 0 Å². The molecular formula is C18H19IN2O2. The van der Waals surface area contributed by atoms with E-state index in [0.717, 1.165) is 9.13 Å². The molecule has 0 aliphatic carbocycles. The van der Waals surface area contributed by atoms with Crippen LogP contribution in [0.3, 0.4) is 0 Å². The summed E-state index contributed by atoms with van der Waals surface area (Å²) >= 11 is 2.30. The summed E-state index contributed by atoms with van der Waals surface area (Å²) in [6, 6.07) is 13.7. The molecule has 0 saturated carbocycles. The van der Waals surface area contributed by atoms with Gasteiger partial charge in [0, 0.05) is 36.7 Å². The van der Waals surface area contributed by atoms with Crippen LogP contribution in [0.5, 0.6) is 5.75 Å². The molecule has 3 rings (SSSR count). The summed E-state index contributed by atoms with van der Waals surface area (Å²) in [7, 11) is 3.55. The fraction of sp³-hybridized carbons (Fsp3) is 0.278. The Labute approximate surface area is 149 Å². The maximum atomic E-state index is 12.4. The first-order valence-corrected chi connectivity index (χ1v) is 8.57. The van der Waals surface area contributed by atoms with Crippen LogP contribution in [0, 0.1) is 3.57 Å². The van der Waals surface area contributed by atoms with E-state index in [-0.39, 0.29) is 17.7 Å². The van der Waals surface area contributed by atoms with Gasteiger partial charge in [0.25, 0.3) is 0 Å². The number of rotatable bonds is 1. The quantitative estimate of drug-likeness (QED) is 0.714. The summed E-state index contributed by atoms with van der Waals surface area (Å²) in [5.41, 5.74) is 3.44. The van der Waals surface area contributed by atoms with Crippen molar-refractivity contribution in [2.75, 3.05) is 20.6 Å². The van der Waals surface area contributed by atoms with Crippen molar-refractivity contribution in [3.05, 3.63) is 62.7 Å². The van der Waals surface area contributed by atoms with E-state index in [0.29, 0.717) is 13.1 Å². The van der Waals surface area contributed by atoms with Crippen LogP contribution >= 0.6 is 22.6 Å². The Hall–Kier alpha value is -1.76. The zero-order valence-corrected chi connectivity index (χ0v) is 15.3. The van der Waals surface area contributed by atoms with Gasteiger partial charge in [0.05, 0.1) is 0 Å². The molecule has 1 unspecified atom stereocenters. The van der Waals surface area contributed by atoms with Gasteiger partial charge in [0.1, 0.15) is 5.75 Å². The first kappa shape index (κ1) is 16.1. The molecule has 0 saturated heterocycles. The van der Waals surface area contributed by atoms with Crippen LogP contribution in [0.25, 0.3) is 0 Å². The average Bonchev–Trinajstić information content (AvgIpc) is 2.52. The Morgan fingerprint density at radius 2 is 2.04 bits per heavy atom. The molecule has 2 aromatic carbocycles. The third kappa shape index (κ3) is 3.29. The molecule has 5 heteroatoms. The zero-order valence-electron chi connectivity index (χ0n) is 13.2. The highest BCUT2D eigenvalue weighted by Gasteiger charge is 2.30. The molecule has 0 radical (unpaired) electrons. The number of phenolic OH excluding ortho intramolecular Hbond substituents is 1. The Morgan fingerprint density at radius 1 is 1.26 bits per heavy atom. The Bertz CT molecular complexity index is 746. The predicted octanol–water partition coefficient (Wildman–Crippen LogP) is 3.63. The first-order chi connectivity index (χ1) is 11.0. The Kier molecular flexibility index (Phi) is 4.48. The first-order valence-electron chi connectivity index (χ1n) is 7.49. The van der Waals surface area contributed by atoms with E-state index in [9.17, 15) is 9.90 Å². The zero-order chi connectivity index (χ0) is 16.6. The third-order valence-corrected chi connectivity index (χ3v) is 4.84. The molecule has 23 heavy (non-hydrogen) atoms. The molecule has 1 atom stereocenters. The highest BCUT2D eigenvalue weighted by Crippen LogP contribution is 2.35. The van der Waals surface area contributed by atoms with Gasteiger partial charge >= 0.3 is 6.03 Å². The molecule has 0 aromatic heterocycles. The number of carbonyl (C=O) groups is 1. The highest BCUT2D eigenvalue weighted by atomic mass is 127. The van der Waals surface area contributed by atoms with Gasteiger partial charge < -0.3 is 14.9 Å². The number of carbonyl (C=O) groups excluding carboxylic acids is 1. The minimum Gasteiger partial charge on any atom is -0.508 e. The lowest BCUT2D eigenvalue weighted by Crippen LogP contribution is -2.43. The van der Waals surface area contributed by atoms with Crippen molar-refractivity contribution in [1.29, 1.82) is 0 Å². The van der Waals surface area contributed by atoms with Crippen LogP contribution in [0.2, 0.25) is 0 Å². The lowest BCUT2D eigenvalue weighted by atomic mass is 9.84. The monoisotopic (exact) mass is 422 g/mol. The summed E-state index contributed by atoms with van der Waals surface area (Å²) in [4.78, 5) is 15.9. The lowest BCUT2D eigenvalue weighted by molar-refractivity contribution is 0.162. The number of fused-ring (bicyclic) bond motifs is 1. The lowest BCUT2D eigenvalue weighted by Gasteiger charge is -2.36. The number of nitrogens with zero attached hydrogens (tertiary/aromatic N) is 2. The second-order valence-corrected chi connectivity index (χ2v) is 7.29. The van der Waals surface area contributed by atoms with E-state index in [1.54, 1.807) is 31.1 Å². The van der Waals surface area contributed by atoms with Crippen molar-refractivity contribution in [3.63, 3.8) is 0 Å².